The molecule has 0 bridgehead atoms. The van der Waals surface area contributed by atoms with E-state index in [1.54, 1.807) is 14.2 Å². The Hall–Kier alpha value is -1.22. The molecule has 1 fully saturated rings. The summed E-state index contributed by atoms with van der Waals surface area (Å²) in [5, 5.41) is 6.65. The van der Waals surface area contributed by atoms with E-state index < -0.39 is 0 Å². The van der Waals surface area contributed by atoms with Crippen LogP contribution in [-0.4, -0.2) is 45.5 Å². The third kappa shape index (κ3) is 6.22. The Kier molecular flexibility index (Phi) is 9.34. The summed E-state index contributed by atoms with van der Waals surface area (Å²) in [6.07, 6.45) is 2.19. The van der Waals surface area contributed by atoms with Crippen LogP contribution in [0.3, 0.4) is 0 Å². The number of ether oxygens (including phenoxy) is 3. The molecule has 1 aliphatic rings. The molecule has 1 atom stereocenters. The average molecular weight is 463 g/mol. The van der Waals surface area contributed by atoms with Crippen molar-refractivity contribution in [3.8, 4) is 11.5 Å². The summed E-state index contributed by atoms with van der Waals surface area (Å²) in [6.45, 7) is 7.09. The van der Waals surface area contributed by atoms with Gasteiger partial charge >= 0.3 is 0 Å². The SMILES string of the molecule is CCNC(=NCc1cccc(OC)c1OC)NCC1(C)CCCO1.I. The van der Waals surface area contributed by atoms with Crippen LogP contribution in [0.4, 0.5) is 0 Å². The number of rotatable bonds is 7. The molecule has 0 aliphatic carbocycles. The van der Waals surface area contributed by atoms with E-state index in [2.05, 4.69) is 29.5 Å². The van der Waals surface area contributed by atoms with Crippen molar-refractivity contribution < 1.29 is 14.2 Å². The van der Waals surface area contributed by atoms with E-state index in [4.69, 9.17) is 14.2 Å². The van der Waals surface area contributed by atoms with Crippen molar-refractivity contribution in [1.82, 2.24) is 10.6 Å². The fourth-order valence-electron chi connectivity index (χ4n) is 2.83. The molecule has 1 heterocycles. The Labute approximate surface area is 167 Å². The van der Waals surface area contributed by atoms with Gasteiger partial charge in [0.15, 0.2) is 17.5 Å². The third-order valence-corrected chi connectivity index (χ3v) is 4.17. The summed E-state index contributed by atoms with van der Waals surface area (Å²) >= 11 is 0. The number of halogens is 1. The first-order chi connectivity index (χ1) is 11.6. The van der Waals surface area contributed by atoms with Gasteiger partial charge < -0.3 is 24.8 Å². The number of benzene rings is 1. The quantitative estimate of drug-likeness (QED) is 0.370. The normalized spacial score (nSPS) is 19.9. The highest BCUT2D eigenvalue weighted by molar-refractivity contribution is 14.0. The van der Waals surface area contributed by atoms with Crippen molar-refractivity contribution in [2.24, 2.45) is 4.99 Å². The van der Waals surface area contributed by atoms with Gasteiger partial charge in [0.05, 0.1) is 26.4 Å². The fraction of sp³-hybridized carbons (Fsp3) is 0.611. The topological polar surface area (TPSA) is 64.1 Å². The van der Waals surface area contributed by atoms with Crippen LogP contribution in [0.2, 0.25) is 0 Å². The molecule has 0 radical (unpaired) electrons. The van der Waals surface area contributed by atoms with Gasteiger partial charge in [0.1, 0.15) is 0 Å². The van der Waals surface area contributed by atoms with Crippen LogP contribution in [0.1, 0.15) is 32.3 Å². The van der Waals surface area contributed by atoms with Crippen LogP contribution in [0, 0.1) is 0 Å². The van der Waals surface area contributed by atoms with Gasteiger partial charge in [0.2, 0.25) is 0 Å². The van der Waals surface area contributed by atoms with Crippen LogP contribution in [0.5, 0.6) is 11.5 Å². The van der Waals surface area contributed by atoms with Crippen LogP contribution in [0.25, 0.3) is 0 Å². The van der Waals surface area contributed by atoms with E-state index in [1.165, 1.54) is 0 Å². The zero-order valence-electron chi connectivity index (χ0n) is 15.6. The van der Waals surface area contributed by atoms with Gasteiger partial charge in [0.25, 0.3) is 0 Å². The van der Waals surface area contributed by atoms with Gasteiger partial charge in [-0.1, -0.05) is 12.1 Å². The van der Waals surface area contributed by atoms with Crippen LogP contribution in [0.15, 0.2) is 23.2 Å². The molecule has 0 saturated carbocycles. The Morgan fingerprint density at radius 1 is 1.28 bits per heavy atom. The Bertz CT molecular complexity index is 560. The van der Waals surface area contributed by atoms with E-state index in [1.807, 2.05) is 18.2 Å². The molecule has 0 aromatic heterocycles. The van der Waals surface area contributed by atoms with E-state index in [9.17, 15) is 0 Å². The molecule has 0 spiro atoms. The first-order valence-electron chi connectivity index (χ1n) is 8.48. The van der Waals surface area contributed by atoms with Gasteiger partial charge in [0, 0.05) is 25.3 Å². The lowest BCUT2D eigenvalue weighted by atomic mass is 10.0. The summed E-state index contributed by atoms with van der Waals surface area (Å²) < 4.78 is 16.6. The Morgan fingerprint density at radius 2 is 2.08 bits per heavy atom. The maximum Gasteiger partial charge on any atom is 0.191 e. The standard InChI is InChI=1S/C18H29N3O3.HI/c1-5-19-17(21-13-18(2)10-7-11-24-18)20-12-14-8-6-9-15(22-3)16(14)23-4;/h6,8-9H,5,7,10-13H2,1-4H3,(H2,19,20,21);1H. The maximum absolute atomic E-state index is 5.82. The van der Waals surface area contributed by atoms with Crippen molar-refractivity contribution in [2.75, 3.05) is 33.9 Å². The molecular weight excluding hydrogens is 433 g/mol. The second-order valence-electron chi connectivity index (χ2n) is 6.10. The predicted molar refractivity (Wildman–Crippen MR) is 111 cm³/mol. The lowest BCUT2D eigenvalue weighted by molar-refractivity contribution is 0.0243. The zero-order valence-corrected chi connectivity index (χ0v) is 17.9. The lowest BCUT2D eigenvalue weighted by Gasteiger charge is -2.24. The van der Waals surface area contributed by atoms with E-state index in [0.29, 0.717) is 6.54 Å². The second-order valence-corrected chi connectivity index (χ2v) is 6.10. The molecule has 2 rings (SSSR count). The van der Waals surface area contributed by atoms with Crippen molar-refractivity contribution in [3.63, 3.8) is 0 Å². The van der Waals surface area contributed by atoms with E-state index in [0.717, 1.165) is 55.6 Å². The minimum atomic E-state index is -0.107. The number of nitrogens with one attached hydrogen (secondary N) is 2. The molecular formula is C18H30IN3O3. The minimum absolute atomic E-state index is 0. The van der Waals surface area contributed by atoms with Gasteiger partial charge in [-0.2, -0.15) is 0 Å². The third-order valence-electron chi connectivity index (χ3n) is 4.17. The summed E-state index contributed by atoms with van der Waals surface area (Å²) in [4.78, 5) is 4.66. The number of hydrogen-bond donors (Lipinski definition) is 2. The number of nitrogens with zero attached hydrogens (tertiary/aromatic N) is 1. The molecule has 1 unspecified atom stereocenters. The summed E-state index contributed by atoms with van der Waals surface area (Å²) in [5.41, 5.74) is 0.876. The monoisotopic (exact) mass is 463 g/mol. The number of para-hydroxylation sites is 1. The van der Waals surface area contributed by atoms with Crippen molar-refractivity contribution in [3.05, 3.63) is 23.8 Å². The van der Waals surface area contributed by atoms with Gasteiger partial charge in [-0.25, -0.2) is 4.99 Å². The van der Waals surface area contributed by atoms with Gasteiger partial charge in [-0.15, -0.1) is 24.0 Å². The number of methoxy groups -OCH3 is 2. The van der Waals surface area contributed by atoms with Crippen molar-refractivity contribution in [1.29, 1.82) is 0 Å². The first kappa shape index (κ1) is 21.8. The second kappa shape index (κ2) is 10.7. The summed E-state index contributed by atoms with van der Waals surface area (Å²) in [5.74, 6) is 2.22. The van der Waals surface area contributed by atoms with Crippen LogP contribution >= 0.6 is 24.0 Å². The lowest BCUT2D eigenvalue weighted by Crippen LogP contribution is -2.45. The maximum atomic E-state index is 5.82. The molecule has 6 nitrogen and oxygen atoms in total. The Balaban J connectivity index is 0.00000312. The molecule has 1 aliphatic heterocycles. The van der Waals surface area contributed by atoms with E-state index >= 15 is 0 Å². The first-order valence-corrected chi connectivity index (χ1v) is 8.48. The largest absolute Gasteiger partial charge is 0.493 e. The summed E-state index contributed by atoms with van der Waals surface area (Å²) in [7, 11) is 3.28. The van der Waals surface area contributed by atoms with Crippen molar-refractivity contribution in [2.45, 2.75) is 38.8 Å². The average Bonchev–Trinajstić information content (AvgIpc) is 3.03. The molecule has 1 aromatic carbocycles. The highest BCUT2D eigenvalue weighted by atomic mass is 127. The molecule has 1 saturated heterocycles. The minimum Gasteiger partial charge on any atom is -0.493 e. The molecule has 1 aromatic rings. The summed E-state index contributed by atoms with van der Waals surface area (Å²) in [6, 6.07) is 5.82. The van der Waals surface area contributed by atoms with Crippen molar-refractivity contribution >= 4 is 29.9 Å². The van der Waals surface area contributed by atoms with Gasteiger partial charge in [-0.05, 0) is 32.8 Å². The number of hydrogen-bond acceptors (Lipinski definition) is 4. The molecule has 25 heavy (non-hydrogen) atoms. The van der Waals surface area contributed by atoms with Crippen LogP contribution < -0.4 is 20.1 Å². The number of guanidine groups is 1. The van der Waals surface area contributed by atoms with E-state index in [-0.39, 0.29) is 29.6 Å². The molecule has 2 N–H and O–H groups in total. The predicted octanol–water partition coefficient (Wildman–Crippen LogP) is 2.95. The highest BCUT2D eigenvalue weighted by Crippen LogP contribution is 2.31. The molecule has 0 amide bonds. The fourth-order valence-corrected chi connectivity index (χ4v) is 2.83. The van der Waals surface area contributed by atoms with Gasteiger partial charge in [-0.3, -0.25) is 0 Å². The number of aliphatic imine (C=N–C) groups is 1. The highest BCUT2D eigenvalue weighted by Gasteiger charge is 2.29. The Morgan fingerprint density at radius 3 is 2.68 bits per heavy atom. The zero-order chi connectivity index (χ0) is 17.4. The smallest absolute Gasteiger partial charge is 0.191 e. The molecule has 142 valence electrons. The van der Waals surface area contributed by atoms with Crippen LogP contribution in [-0.2, 0) is 11.3 Å². The molecule has 7 heteroatoms.